The molecule has 1 N–H and O–H groups in total. The summed E-state index contributed by atoms with van der Waals surface area (Å²) >= 11 is 0. The van der Waals surface area contributed by atoms with Gasteiger partial charge in [-0.15, -0.1) is 0 Å². The van der Waals surface area contributed by atoms with Crippen molar-refractivity contribution in [3.8, 4) is 11.3 Å². The van der Waals surface area contributed by atoms with E-state index in [9.17, 15) is 4.79 Å². The average molecular weight is 329 g/mol. The molecule has 130 valence electrons. The second-order valence-corrected chi connectivity index (χ2v) is 7.62. The lowest BCUT2D eigenvalue weighted by Gasteiger charge is -2.31. The van der Waals surface area contributed by atoms with E-state index in [1.807, 2.05) is 22.7 Å². The molecule has 0 spiro atoms. The fourth-order valence-corrected chi connectivity index (χ4v) is 3.60. The van der Waals surface area contributed by atoms with Crippen LogP contribution in [-0.2, 0) is 11.3 Å². The van der Waals surface area contributed by atoms with Crippen molar-refractivity contribution in [1.82, 2.24) is 24.6 Å². The van der Waals surface area contributed by atoms with Crippen molar-refractivity contribution in [2.24, 2.45) is 0 Å². The summed E-state index contributed by atoms with van der Waals surface area (Å²) in [5.74, 6) is 1.23. The molecular weight excluding hydrogens is 302 g/mol. The first-order valence-corrected chi connectivity index (χ1v) is 8.62. The number of aromatic amines is 1. The van der Waals surface area contributed by atoms with E-state index >= 15 is 0 Å². The van der Waals surface area contributed by atoms with Crippen LogP contribution in [0.15, 0.2) is 6.20 Å². The Bertz CT molecular complexity index is 765. The quantitative estimate of drug-likeness (QED) is 0.941. The number of hydrogen-bond acceptors (Lipinski definition) is 3. The zero-order valence-electron chi connectivity index (χ0n) is 15.5. The topological polar surface area (TPSA) is 66.8 Å². The van der Waals surface area contributed by atoms with Gasteiger partial charge in [0.1, 0.15) is 5.82 Å². The fourth-order valence-electron chi connectivity index (χ4n) is 3.60. The molecular formula is C18H27N5O. The van der Waals surface area contributed by atoms with Gasteiger partial charge < -0.3 is 9.88 Å². The van der Waals surface area contributed by atoms with Crippen molar-refractivity contribution in [2.75, 3.05) is 6.54 Å². The number of rotatable bonds is 3. The van der Waals surface area contributed by atoms with Gasteiger partial charge in [0.2, 0.25) is 5.91 Å². The minimum Gasteiger partial charge on any atom is -0.342 e. The maximum absolute atomic E-state index is 12.3. The van der Waals surface area contributed by atoms with E-state index in [1.165, 1.54) is 0 Å². The molecule has 1 unspecified atom stereocenters. The smallest absolute Gasteiger partial charge is 0.223 e. The highest BCUT2D eigenvalue weighted by molar-refractivity contribution is 5.80. The third-order valence-electron chi connectivity index (χ3n) is 4.87. The molecule has 3 heterocycles. The normalized spacial score (nSPS) is 18.7. The largest absolute Gasteiger partial charge is 0.342 e. The monoisotopic (exact) mass is 329 g/mol. The first-order chi connectivity index (χ1) is 11.2. The van der Waals surface area contributed by atoms with E-state index in [0.717, 1.165) is 41.6 Å². The van der Waals surface area contributed by atoms with Gasteiger partial charge in [-0.25, -0.2) is 4.98 Å². The zero-order valence-corrected chi connectivity index (χ0v) is 15.5. The highest BCUT2D eigenvalue weighted by atomic mass is 16.2. The predicted molar refractivity (Wildman–Crippen MR) is 93.8 cm³/mol. The van der Waals surface area contributed by atoms with Crippen molar-refractivity contribution >= 4 is 5.91 Å². The van der Waals surface area contributed by atoms with Crippen LogP contribution >= 0.6 is 0 Å². The Morgan fingerprint density at radius 3 is 2.58 bits per heavy atom. The van der Waals surface area contributed by atoms with Gasteiger partial charge in [-0.05, 0) is 41.5 Å². The van der Waals surface area contributed by atoms with Crippen molar-refractivity contribution in [1.29, 1.82) is 0 Å². The first kappa shape index (κ1) is 16.7. The van der Waals surface area contributed by atoms with Gasteiger partial charge in [0, 0.05) is 42.2 Å². The highest BCUT2D eigenvalue weighted by Gasteiger charge is 2.38. The number of imidazole rings is 1. The van der Waals surface area contributed by atoms with Crippen LogP contribution < -0.4 is 0 Å². The SMILES string of the molecule is CCn1nc(C)c(-c2cnc(C3CC(=O)N(C(C)(C)C)C3)[nH]2)c1C. The molecule has 1 amide bonds. The van der Waals surface area contributed by atoms with Gasteiger partial charge in [-0.2, -0.15) is 5.10 Å². The van der Waals surface area contributed by atoms with Crippen LogP contribution in [0.4, 0.5) is 0 Å². The average Bonchev–Trinajstić information content (AvgIpc) is 3.16. The molecule has 2 aromatic rings. The number of likely N-dealkylation sites (tertiary alicyclic amines) is 1. The van der Waals surface area contributed by atoms with E-state index in [1.54, 1.807) is 0 Å². The highest BCUT2D eigenvalue weighted by Crippen LogP contribution is 2.33. The van der Waals surface area contributed by atoms with Gasteiger partial charge in [0.05, 0.1) is 17.6 Å². The van der Waals surface area contributed by atoms with E-state index in [-0.39, 0.29) is 17.4 Å². The summed E-state index contributed by atoms with van der Waals surface area (Å²) in [5, 5.41) is 4.57. The van der Waals surface area contributed by atoms with E-state index in [4.69, 9.17) is 0 Å². The number of carbonyl (C=O) groups excluding carboxylic acids is 1. The Kier molecular flexibility index (Phi) is 4.01. The molecule has 6 heteroatoms. The number of aryl methyl sites for hydroxylation is 2. The molecule has 0 aromatic carbocycles. The summed E-state index contributed by atoms with van der Waals surface area (Å²) in [7, 11) is 0. The van der Waals surface area contributed by atoms with Gasteiger partial charge in [0.25, 0.3) is 0 Å². The van der Waals surface area contributed by atoms with Gasteiger partial charge in [-0.1, -0.05) is 0 Å². The summed E-state index contributed by atoms with van der Waals surface area (Å²) in [4.78, 5) is 22.3. The van der Waals surface area contributed by atoms with Crippen LogP contribution in [0.1, 0.15) is 57.2 Å². The number of nitrogens with zero attached hydrogens (tertiary/aromatic N) is 4. The van der Waals surface area contributed by atoms with Crippen molar-refractivity contribution in [3.63, 3.8) is 0 Å². The van der Waals surface area contributed by atoms with E-state index < -0.39 is 0 Å². The summed E-state index contributed by atoms with van der Waals surface area (Å²) in [5.41, 5.74) is 4.11. The summed E-state index contributed by atoms with van der Waals surface area (Å²) in [6.45, 7) is 14.0. The summed E-state index contributed by atoms with van der Waals surface area (Å²) in [6.07, 6.45) is 2.40. The van der Waals surface area contributed by atoms with Crippen LogP contribution in [0.3, 0.4) is 0 Å². The second-order valence-electron chi connectivity index (χ2n) is 7.62. The molecule has 6 nitrogen and oxygen atoms in total. The summed E-state index contributed by atoms with van der Waals surface area (Å²) in [6, 6.07) is 0. The molecule has 0 saturated carbocycles. The Hall–Kier alpha value is -2.11. The minimum atomic E-state index is -0.142. The maximum atomic E-state index is 12.3. The Labute approximate surface area is 143 Å². The number of H-pyrrole nitrogens is 1. The molecule has 1 aliphatic heterocycles. The lowest BCUT2D eigenvalue weighted by molar-refractivity contribution is -0.131. The Morgan fingerprint density at radius 2 is 2.04 bits per heavy atom. The minimum absolute atomic E-state index is 0.132. The van der Waals surface area contributed by atoms with Gasteiger partial charge in [-0.3, -0.25) is 9.48 Å². The van der Waals surface area contributed by atoms with E-state index in [2.05, 4.69) is 49.7 Å². The standard InChI is InChI=1S/C18H27N5O/c1-7-23-12(3)16(11(2)21-23)14-9-19-17(20-14)13-8-15(24)22(10-13)18(4,5)6/h9,13H,7-8,10H2,1-6H3,(H,19,20). The summed E-state index contributed by atoms with van der Waals surface area (Å²) < 4.78 is 2.01. The third kappa shape index (κ3) is 2.74. The molecule has 1 saturated heterocycles. The van der Waals surface area contributed by atoms with Crippen molar-refractivity contribution in [2.45, 2.75) is 66.0 Å². The molecule has 1 aliphatic rings. The maximum Gasteiger partial charge on any atom is 0.223 e. The zero-order chi connectivity index (χ0) is 17.6. The lowest BCUT2D eigenvalue weighted by atomic mass is 10.1. The second kappa shape index (κ2) is 5.76. The number of amides is 1. The van der Waals surface area contributed by atoms with E-state index in [0.29, 0.717) is 6.42 Å². The molecule has 3 rings (SSSR count). The molecule has 1 fully saturated rings. The number of nitrogens with one attached hydrogen (secondary N) is 1. The fraction of sp³-hybridized carbons (Fsp3) is 0.611. The Balaban J connectivity index is 1.88. The lowest BCUT2D eigenvalue weighted by Crippen LogP contribution is -2.42. The Morgan fingerprint density at radius 1 is 1.33 bits per heavy atom. The molecule has 24 heavy (non-hydrogen) atoms. The molecule has 2 aromatic heterocycles. The van der Waals surface area contributed by atoms with Crippen LogP contribution in [0.2, 0.25) is 0 Å². The van der Waals surface area contributed by atoms with Crippen LogP contribution in [0.5, 0.6) is 0 Å². The number of aromatic nitrogens is 4. The third-order valence-corrected chi connectivity index (χ3v) is 4.87. The van der Waals surface area contributed by atoms with Crippen molar-refractivity contribution in [3.05, 3.63) is 23.4 Å². The van der Waals surface area contributed by atoms with Crippen molar-refractivity contribution < 1.29 is 4.79 Å². The first-order valence-electron chi connectivity index (χ1n) is 8.62. The molecule has 0 aliphatic carbocycles. The predicted octanol–water partition coefficient (Wildman–Crippen LogP) is 3.02. The molecule has 1 atom stereocenters. The number of carbonyl (C=O) groups is 1. The number of hydrogen-bond donors (Lipinski definition) is 1. The van der Waals surface area contributed by atoms with Gasteiger partial charge in [0.15, 0.2) is 0 Å². The van der Waals surface area contributed by atoms with Gasteiger partial charge >= 0.3 is 0 Å². The molecule has 0 bridgehead atoms. The van der Waals surface area contributed by atoms with Crippen LogP contribution in [0.25, 0.3) is 11.3 Å². The van der Waals surface area contributed by atoms with Crippen LogP contribution in [-0.4, -0.2) is 42.6 Å². The molecule has 0 radical (unpaired) electrons. The van der Waals surface area contributed by atoms with Crippen LogP contribution in [0, 0.1) is 13.8 Å².